The van der Waals surface area contributed by atoms with E-state index in [9.17, 15) is 0 Å². The molecule has 0 amide bonds. The third-order valence-corrected chi connectivity index (χ3v) is 3.60. The van der Waals surface area contributed by atoms with Crippen LogP contribution in [-0.2, 0) is 6.16 Å². The highest BCUT2D eigenvalue weighted by molar-refractivity contribution is 7.52. The molecule has 0 spiro atoms. The van der Waals surface area contributed by atoms with Gasteiger partial charge >= 0.3 is 0 Å². The van der Waals surface area contributed by atoms with Crippen LogP contribution in [0.1, 0.15) is 13.3 Å². The molecule has 2 N–H and O–H groups in total. The van der Waals surface area contributed by atoms with Gasteiger partial charge in [-0.1, -0.05) is 13.0 Å². The predicted molar refractivity (Wildman–Crippen MR) is 43.9 cm³/mol. The first kappa shape index (κ1) is 6.70. The molecule has 1 heterocycles. The van der Waals surface area contributed by atoms with Crippen LogP contribution in [0, 0.1) is 0 Å². The van der Waals surface area contributed by atoms with Gasteiger partial charge in [-0.25, -0.2) is 0 Å². The van der Waals surface area contributed by atoms with Crippen molar-refractivity contribution in [3.8, 4) is 0 Å². The van der Waals surface area contributed by atoms with Gasteiger partial charge in [-0.05, 0) is 24.4 Å². The van der Waals surface area contributed by atoms with Crippen LogP contribution in [0.2, 0.25) is 0 Å². The Morgan fingerprint density at radius 1 is 1.67 bits per heavy atom. The highest BCUT2D eigenvalue weighted by atomic mass is 31.1. The van der Waals surface area contributed by atoms with Crippen LogP contribution in [0.4, 0.5) is 5.42 Å². The molecule has 1 nitrogen and oxygen atoms in total. The van der Waals surface area contributed by atoms with Crippen LogP contribution < -0.4 is 5.73 Å². The molecule has 1 aromatic rings. The minimum Gasteiger partial charge on any atom is -0.396 e. The summed E-state index contributed by atoms with van der Waals surface area (Å²) in [6, 6.07) is 4.08. The van der Waals surface area contributed by atoms with Gasteiger partial charge in [-0.3, -0.25) is 0 Å². The molecule has 0 aliphatic rings. The lowest BCUT2D eigenvalue weighted by atomic mass is 10.6. The molecule has 0 aliphatic heterocycles. The molecule has 0 aromatic carbocycles. The van der Waals surface area contributed by atoms with E-state index in [0.29, 0.717) is 0 Å². The summed E-state index contributed by atoms with van der Waals surface area (Å²) in [5.41, 5.74) is 6.78. The molecular formula is C7H12NP. The molecule has 0 fully saturated rings. The highest BCUT2D eigenvalue weighted by Crippen LogP contribution is 2.37. The van der Waals surface area contributed by atoms with Gasteiger partial charge < -0.3 is 5.73 Å². The van der Waals surface area contributed by atoms with Gasteiger partial charge in [0.2, 0.25) is 0 Å². The van der Waals surface area contributed by atoms with E-state index in [-0.39, 0.29) is 7.53 Å². The predicted octanol–water partition coefficient (Wildman–Crippen LogP) is 2.67. The highest BCUT2D eigenvalue weighted by Gasteiger charge is 1.93. The van der Waals surface area contributed by atoms with Gasteiger partial charge in [-0.2, -0.15) is 0 Å². The molecule has 50 valence electrons. The summed E-state index contributed by atoms with van der Waals surface area (Å²) in [5.74, 6) is 2.23. The van der Waals surface area contributed by atoms with E-state index in [1.165, 1.54) is 12.6 Å². The summed E-state index contributed by atoms with van der Waals surface area (Å²) in [5, 5.41) is 0. The van der Waals surface area contributed by atoms with Crippen LogP contribution in [0.5, 0.6) is 0 Å². The zero-order valence-electron chi connectivity index (χ0n) is 5.67. The fourth-order valence-corrected chi connectivity index (χ4v) is 2.50. The average molecular weight is 141 g/mol. The van der Waals surface area contributed by atoms with E-state index in [1.54, 1.807) is 0 Å². The number of rotatable bonds is 2. The average Bonchev–Trinajstić information content (AvgIpc) is 2.18. The lowest BCUT2D eigenvalue weighted by Crippen LogP contribution is -1.77. The van der Waals surface area contributed by atoms with Gasteiger partial charge in [0.25, 0.3) is 0 Å². The summed E-state index contributed by atoms with van der Waals surface area (Å²) in [7, 11) is -0.0481. The zero-order valence-corrected chi connectivity index (χ0v) is 6.57. The maximum atomic E-state index is 5.69. The number of nitrogen functional groups attached to an aromatic ring is 1. The maximum Gasteiger partial charge on any atom is 0.0508 e. The molecule has 1 aromatic heterocycles. The van der Waals surface area contributed by atoms with Crippen LogP contribution >= 0.6 is 7.53 Å². The molecule has 0 radical (unpaired) electrons. The Morgan fingerprint density at radius 2 is 2.44 bits per heavy atom. The first-order valence-electron chi connectivity index (χ1n) is 3.25. The molecule has 9 heavy (non-hydrogen) atoms. The van der Waals surface area contributed by atoms with Crippen molar-refractivity contribution in [3.63, 3.8) is 0 Å². The van der Waals surface area contributed by atoms with Gasteiger partial charge in [0.15, 0.2) is 0 Å². The summed E-state index contributed by atoms with van der Waals surface area (Å²) in [4.78, 5) is 0. The van der Waals surface area contributed by atoms with Crippen molar-refractivity contribution < 1.29 is 0 Å². The summed E-state index contributed by atoms with van der Waals surface area (Å²) >= 11 is 0. The summed E-state index contributed by atoms with van der Waals surface area (Å²) in [6.07, 6.45) is 2.50. The molecule has 1 unspecified atom stereocenters. The number of hydrogen-bond donors (Lipinski definition) is 1. The smallest absolute Gasteiger partial charge is 0.0508 e. The van der Waals surface area contributed by atoms with Crippen LogP contribution in [0.15, 0.2) is 17.9 Å². The Morgan fingerprint density at radius 3 is 2.89 bits per heavy atom. The van der Waals surface area contributed by atoms with Crippen molar-refractivity contribution in [2.45, 2.75) is 19.5 Å². The normalized spacial score (nSPS) is 11.9. The van der Waals surface area contributed by atoms with E-state index < -0.39 is 0 Å². The lowest BCUT2D eigenvalue weighted by Gasteiger charge is -1.95. The molecule has 1 atom stereocenters. The number of nitrogens with two attached hydrogens (primary N) is 1. The van der Waals surface area contributed by atoms with Crippen LogP contribution in [0.3, 0.4) is 0 Å². The van der Waals surface area contributed by atoms with Crippen LogP contribution in [0.25, 0.3) is 0 Å². The van der Waals surface area contributed by atoms with Gasteiger partial charge in [0.1, 0.15) is 0 Å². The van der Waals surface area contributed by atoms with Crippen molar-refractivity contribution in [3.05, 3.63) is 17.9 Å². The van der Waals surface area contributed by atoms with Gasteiger partial charge in [0, 0.05) is 0 Å². The third-order valence-electron chi connectivity index (χ3n) is 1.33. The second kappa shape index (κ2) is 2.93. The second-order valence-corrected chi connectivity index (χ2v) is 4.33. The topological polar surface area (TPSA) is 26.0 Å². The Balaban J connectivity index is 2.69. The van der Waals surface area contributed by atoms with E-state index >= 15 is 0 Å². The SMILES string of the molecule is CCCp1cccc1N. The third kappa shape index (κ3) is 1.49. The standard InChI is InChI=1S/C7H12NP/c1-2-5-9-6-3-4-7(9)8/h3-4,6H,2,5,8H2,1H3. The minimum absolute atomic E-state index is 0.0481. The monoisotopic (exact) mass is 141 g/mol. The van der Waals surface area contributed by atoms with Crippen molar-refractivity contribution in [1.29, 1.82) is 0 Å². The molecule has 1 rings (SSSR count). The first-order chi connectivity index (χ1) is 4.34. The molecular weight excluding hydrogens is 129 g/mol. The minimum atomic E-state index is -0.0481. The van der Waals surface area contributed by atoms with Crippen LogP contribution in [-0.4, -0.2) is 0 Å². The van der Waals surface area contributed by atoms with E-state index in [2.05, 4.69) is 18.8 Å². The second-order valence-electron chi connectivity index (χ2n) is 2.13. The van der Waals surface area contributed by atoms with E-state index in [4.69, 9.17) is 5.73 Å². The molecule has 0 bridgehead atoms. The first-order valence-corrected chi connectivity index (χ1v) is 4.85. The van der Waals surface area contributed by atoms with Crippen molar-refractivity contribution in [2.75, 3.05) is 5.73 Å². The number of hydrogen-bond acceptors (Lipinski definition) is 1. The summed E-state index contributed by atoms with van der Waals surface area (Å²) in [6.45, 7) is 2.20. The number of anilines is 1. The summed E-state index contributed by atoms with van der Waals surface area (Å²) < 4.78 is 0. The molecule has 2 heteroatoms. The van der Waals surface area contributed by atoms with E-state index in [0.717, 1.165) is 5.42 Å². The zero-order chi connectivity index (χ0) is 6.69. The Bertz CT molecular complexity index is 181. The fourth-order valence-electron chi connectivity index (χ4n) is 0.872. The lowest BCUT2D eigenvalue weighted by molar-refractivity contribution is 1.03. The Kier molecular flexibility index (Phi) is 2.18. The Hall–Kier alpha value is -0.420. The largest absolute Gasteiger partial charge is 0.396 e. The van der Waals surface area contributed by atoms with E-state index in [1.807, 2.05) is 6.07 Å². The van der Waals surface area contributed by atoms with Crippen molar-refractivity contribution in [1.82, 2.24) is 0 Å². The maximum absolute atomic E-state index is 5.69. The molecule has 0 aliphatic carbocycles. The van der Waals surface area contributed by atoms with Gasteiger partial charge in [-0.15, -0.1) is 7.53 Å². The number of aryl methyl sites for hydroxylation is 1. The Labute approximate surface area is 56.9 Å². The van der Waals surface area contributed by atoms with Crippen molar-refractivity contribution >= 4 is 13.0 Å². The quantitative estimate of drug-likeness (QED) is 0.673. The molecule has 0 saturated heterocycles. The van der Waals surface area contributed by atoms with Crippen molar-refractivity contribution in [2.24, 2.45) is 0 Å². The van der Waals surface area contributed by atoms with Gasteiger partial charge in [0.05, 0.1) is 5.42 Å². The fraction of sp³-hybridized carbons (Fsp3) is 0.429. The molecule has 0 saturated carbocycles.